The van der Waals surface area contributed by atoms with Crippen molar-refractivity contribution >= 4 is 29.5 Å². The molecule has 1 atom stereocenters. The number of amidine groups is 1. The van der Waals surface area contributed by atoms with E-state index in [4.69, 9.17) is 25.2 Å². The number of rotatable bonds is 8. The molecule has 0 aromatic carbocycles. The summed E-state index contributed by atoms with van der Waals surface area (Å²) in [5.74, 6) is 0.724. The first kappa shape index (κ1) is 28.9. The Bertz CT molecular complexity index is 1580. The van der Waals surface area contributed by atoms with Gasteiger partial charge in [-0.05, 0) is 49.5 Å². The van der Waals surface area contributed by atoms with E-state index in [-0.39, 0.29) is 5.92 Å². The predicted octanol–water partition coefficient (Wildman–Crippen LogP) is 4.35. The number of hydrogen-bond acceptors (Lipinski definition) is 9. The monoisotopic (exact) mass is 580 g/mol. The zero-order chi connectivity index (χ0) is 29.8. The summed E-state index contributed by atoms with van der Waals surface area (Å²) in [6.45, 7) is 7.66. The molecule has 5 heterocycles. The standard InChI is InChI=1S/C32H40N10O/c1-22-4-9-29(38-26-20-37-42(21-26)11-10-41-12-14-43-15-13-41)36-18-23-5-8-28-31(30(22)23)32(40(3)39-28)24-6-7-27(35-19-24)25(16-33)17-34-2/h6-7,16-21,25,33H,4-5,8-15H2,1-3H3,(H,36,38)/b23-18-,30-22?,33-16?,34-17?. The van der Waals surface area contributed by atoms with Gasteiger partial charge in [0.1, 0.15) is 5.84 Å². The van der Waals surface area contributed by atoms with Gasteiger partial charge in [0.05, 0.1) is 54.6 Å². The summed E-state index contributed by atoms with van der Waals surface area (Å²) in [4.78, 5) is 16.1. The summed E-state index contributed by atoms with van der Waals surface area (Å²) in [5, 5.41) is 20.8. The molecule has 3 aromatic heterocycles. The SMILES string of the molecule is CN=CC(C=N)c1ccc(-c2c3c(nn2C)CC/C2=C/N=C(Nc4cnn(CCN5CCOCC5)c4)CCC(C)=C23)cn1. The first-order chi connectivity index (χ1) is 21.0. The minimum absolute atomic E-state index is 0.227. The Kier molecular flexibility index (Phi) is 8.71. The van der Waals surface area contributed by atoms with E-state index < -0.39 is 0 Å². The van der Waals surface area contributed by atoms with Gasteiger partial charge in [0, 0.05) is 82.3 Å². The third-order valence-electron chi connectivity index (χ3n) is 8.42. The van der Waals surface area contributed by atoms with Gasteiger partial charge in [-0.3, -0.25) is 24.2 Å². The van der Waals surface area contributed by atoms with Gasteiger partial charge in [-0.25, -0.2) is 4.99 Å². The third kappa shape index (κ3) is 6.28. The van der Waals surface area contributed by atoms with Crippen LogP contribution in [0.25, 0.3) is 16.8 Å². The molecule has 3 aliphatic rings. The zero-order valence-corrected chi connectivity index (χ0v) is 25.3. The van der Waals surface area contributed by atoms with Crippen LogP contribution in [0.15, 0.2) is 58.1 Å². The van der Waals surface area contributed by atoms with Crippen LogP contribution in [0, 0.1) is 5.41 Å². The van der Waals surface area contributed by atoms with Gasteiger partial charge in [0.25, 0.3) is 0 Å². The Morgan fingerprint density at radius 1 is 1.12 bits per heavy atom. The molecule has 11 nitrogen and oxygen atoms in total. The van der Waals surface area contributed by atoms with Crippen LogP contribution in [0.3, 0.4) is 0 Å². The normalized spacial score (nSPS) is 19.6. The summed E-state index contributed by atoms with van der Waals surface area (Å²) in [6.07, 6.45) is 14.5. The Hall–Kier alpha value is -4.22. The fraction of sp³-hybridized carbons (Fsp3) is 0.438. The average Bonchev–Trinajstić information content (AvgIpc) is 3.62. The lowest BCUT2D eigenvalue weighted by molar-refractivity contribution is 0.0360. The van der Waals surface area contributed by atoms with Gasteiger partial charge in [-0.2, -0.15) is 10.2 Å². The number of pyridine rings is 1. The molecule has 1 aliphatic carbocycles. The van der Waals surface area contributed by atoms with Crippen molar-refractivity contribution in [2.24, 2.45) is 17.0 Å². The van der Waals surface area contributed by atoms with E-state index in [2.05, 4.69) is 39.5 Å². The number of nitrogens with one attached hydrogen (secondary N) is 2. The Labute approximate surface area is 252 Å². The Morgan fingerprint density at radius 2 is 1.98 bits per heavy atom. The summed E-state index contributed by atoms with van der Waals surface area (Å²) in [5.41, 5.74) is 10.0. The smallest absolute Gasteiger partial charge is 0.106 e. The first-order valence-corrected chi connectivity index (χ1v) is 15.0. The molecule has 0 bridgehead atoms. The van der Waals surface area contributed by atoms with Crippen LogP contribution < -0.4 is 5.32 Å². The second-order valence-corrected chi connectivity index (χ2v) is 11.3. The molecule has 0 amide bonds. The van der Waals surface area contributed by atoms with Gasteiger partial charge in [-0.15, -0.1) is 0 Å². The van der Waals surface area contributed by atoms with Crippen LogP contribution in [0.5, 0.6) is 0 Å². The number of anilines is 1. The van der Waals surface area contributed by atoms with E-state index in [0.29, 0.717) is 0 Å². The number of nitrogens with zero attached hydrogens (tertiary/aromatic N) is 8. The number of aryl methyl sites for hydroxylation is 2. The van der Waals surface area contributed by atoms with Crippen molar-refractivity contribution in [3.63, 3.8) is 0 Å². The van der Waals surface area contributed by atoms with Crippen molar-refractivity contribution < 1.29 is 4.74 Å². The summed E-state index contributed by atoms with van der Waals surface area (Å²) >= 11 is 0. The van der Waals surface area contributed by atoms with E-state index in [9.17, 15) is 0 Å². The third-order valence-corrected chi connectivity index (χ3v) is 8.42. The van der Waals surface area contributed by atoms with E-state index in [0.717, 1.165) is 99.2 Å². The molecule has 224 valence electrons. The minimum Gasteiger partial charge on any atom is -0.379 e. The van der Waals surface area contributed by atoms with Crippen molar-refractivity contribution in [3.05, 3.63) is 65.0 Å². The van der Waals surface area contributed by atoms with Gasteiger partial charge >= 0.3 is 0 Å². The molecule has 3 aromatic rings. The number of morpholine rings is 1. The maximum absolute atomic E-state index is 7.74. The van der Waals surface area contributed by atoms with Crippen LogP contribution >= 0.6 is 0 Å². The average molecular weight is 581 g/mol. The molecule has 2 aliphatic heterocycles. The molecule has 1 saturated heterocycles. The van der Waals surface area contributed by atoms with Crippen molar-refractivity contribution in [1.29, 1.82) is 5.41 Å². The minimum atomic E-state index is -0.227. The molecular formula is C32H40N10O. The van der Waals surface area contributed by atoms with Crippen LogP contribution in [0.1, 0.15) is 49.1 Å². The predicted molar refractivity (Wildman–Crippen MR) is 171 cm³/mol. The van der Waals surface area contributed by atoms with Gasteiger partial charge < -0.3 is 15.5 Å². The van der Waals surface area contributed by atoms with E-state index in [1.165, 1.54) is 28.5 Å². The molecular weight excluding hydrogens is 540 g/mol. The molecule has 2 N–H and O–H groups in total. The van der Waals surface area contributed by atoms with Crippen molar-refractivity contribution in [3.8, 4) is 11.3 Å². The largest absolute Gasteiger partial charge is 0.379 e. The lowest BCUT2D eigenvalue weighted by Crippen LogP contribution is -2.38. The fourth-order valence-electron chi connectivity index (χ4n) is 6.14. The first-order valence-electron chi connectivity index (χ1n) is 15.0. The zero-order valence-electron chi connectivity index (χ0n) is 25.3. The van der Waals surface area contributed by atoms with Gasteiger partial charge in [-0.1, -0.05) is 5.57 Å². The van der Waals surface area contributed by atoms with Crippen molar-refractivity contribution in [2.45, 2.75) is 45.1 Å². The van der Waals surface area contributed by atoms with Crippen LogP contribution in [0.4, 0.5) is 5.69 Å². The number of fused-ring (bicyclic) bond motifs is 3. The number of aliphatic imine (C=N–C) groups is 2. The topological polar surface area (TPSA) is 122 Å². The van der Waals surface area contributed by atoms with E-state index in [1.807, 2.05) is 41.1 Å². The maximum atomic E-state index is 7.74. The Morgan fingerprint density at radius 3 is 2.74 bits per heavy atom. The van der Waals surface area contributed by atoms with Crippen LogP contribution in [-0.4, -0.2) is 87.6 Å². The Balaban J connectivity index is 1.22. The molecule has 0 saturated carbocycles. The number of allylic oxidation sites excluding steroid dienone is 3. The molecule has 43 heavy (non-hydrogen) atoms. The highest BCUT2D eigenvalue weighted by molar-refractivity contribution is 5.98. The highest BCUT2D eigenvalue weighted by atomic mass is 16.5. The number of hydrogen-bond donors (Lipinski definition) is 2. The summed E-state index contributed by atoms with van der Waals surface area (Å²) in [7, 11) is 3.73. The van der Waals surface area contributed by atoms with Crippen LogP contribution in [-0.2, 0) is 24.8 Å². The lowest BCUT2D eigenvalue weighted by Gasteiger charge is -2.26. The highest BCUT2D eigenvalue weighted by Gasteiger charge is 2.29. The highest BCUT2D eigenvalue weighted by Crippen LogP contribution is 2.43. The molecule has 11 heteroatoms. The summed E-state index contributed by atoms with van der Waals surface area (Å²) in [6, 6.07) is 4.07. The molecule has 0 spiro atoms. The lowest BCUT2D eigenvalue weighted by atomic mass is 9.81. The number of ether oxygens (including phenoxy) is 1. The maximum Gasteiger partial charge on any atom is 0.106 e. The van der Waals surface area contributed by atoms with Gasteiger partial charge in [0.2, 0.25) is 0 Å². The fourth-order valence-corrected chi connectivity index (χ4v) is 6.14. The van der Waals surface area contributed by atoms with Crippen molar-refractivity contribution in [2.75, 3.05) is 45.2 Å². The second-order valence-electron chi connectivity index (χ2n) is 11.3. The molecule has 0 radical (unpaired) electrons. The van der Waals surface area contributed by atoms with E-state index >= 15 is 0 Å². The van der Waals surface area contributed by atoms with E-state index in [1.54, 1.807) is 13.3 Å². The van der Waals surface area contributed by atoms with Gasteiger partial charge in [0.15, 0.2) is 0 Å². The number of aromatic nitrogens is 5. The quantitative estimate of drug-likeness (QED) is 0.382. The summed E-state index contributed by atoms with van der Waals surface area (Å²) < 4.78 is 9.44. The molecule has 1 unspecified atom stereocenters. The molecule has 1 fully saturated rings. The second kappa shape index (κ2) is 13.0. The van der Waals surface area contributed by atoms with Crippen molar-refractivity contribution in [1.82, 2.24) is 29.4 Å². The molecule has 6 rings (SSSR count). The van der Waals surface area contributed by atoms with Crippen LogP contribution in [0.2, 0.25) is 0 Å².